The van der Waals surface area contributed by atoms with Gasteiger partial charge in [0.25, 0.3) is 0 Å². The molecule has 3 N–H and O–H groups in total. The number of methoxy groups -OCH3 is 1. The van der Waals surface area contributed by atoms with Crippen LogP contribution in [0.4, 0.5) is 0 Å². The van der Waals surface area contributed by atoms with E-state index in [9.17, 15) is 29.7 Å². The molecule has 1 saturated carbocycles. The van der Waals surface area contributed by atoms with Gasteiger partial charge in [-0.25, -0.2) is 9.59 Å². The Morgan fingerprint density at radius 1 is 0.836 bits per heavy atom. The minimum absolute atomic E-state index is 0.0472. The molecule has 4 heterocycles. The molecule has 0 saturated heterocycles. The van der Waals surface area contributed by atoms with E-state index in [-0.39, 0.29) is 61.2 Å². The molecule has 4 aromatic carbocycles. The fraction of sp³-hybridized carbons (Fsp3) is 0.446. The number of carbonyl (C=O) groups is 2. The summed E-state index contributed by atoms with van der Waals surface area (Å²) < 4.78 is 32.1. The van der Waals surface area contributed by atoms with Gasteiger partial charge in [-0.3, -0.25) is 4.79 Å². The first kappa shape index (κ1) is 47.9. The van der Waals surface area contributed by atoms with Gasteiger partial charge in [0.05, 0.1) is 25.4 Å². The van der Waals surface area contributed by atoms with E-state index in [1.165, 1.54) is 23.8 Å². The molecule has 1 aromatic heterocycles. The van der Waals surface area contributed by atoms with Gasteiger partial charge in [-0.1, -0.05) is 91.7 Å². The van der Waals surface area contributed by atoms with Crippen LogP contribution in [0.2, 0.25) is 0 Å². The van der Waals surface area contributed by atoms with Crippen LogP contribution in [-0.4, -0.2) is 65.9 Å². The quantitative estimate of drug-likeness (QED) is 0.0588. The molecule has 4 aliphatic rings. The van der Waals surface area contributed by atoms with Crippen molar-refractivity contribution in [2.75, 3.05) is 26.9 Å². The summed E-state index contributed by atoms with van der Waals surface area (Å²) in [5.74, 6) is -1.65. The molecule has 67 heavy (non-hydrogen) atoms. The number of fused-ring (bicyclic) bond motifs is 13. The fourth-order valence-corrected chi connectivity index (χ4v) is 10.8. The van der Waals surface area contributed by atoms with E-state index < -0.39 is 47.9 Å². The summed E-state index contributed by atoms with van der Waals surface area (Å²) in [4.78, 5) is 43.9. The average Bonchev–Trinajstić information content (AvgIpc) is 3.88. The smallest absolute Gasteiger partial charge is 0.340 e. The summed E-state index contributed by atoms with van der Waals surface area (Å²) >= 11 is 0. The Kier molecular flexibility index (Phi) is 15.4. The SMILES string of the molecule is COC[C@@H](CCO)c1c(CO)c2ccc3c(c2oc1=O)[C@H]1OC(=O)C[C@H](CCc2cccc(Cc4ccccc4)c2)Cc2ccc(cc2)CC/C(=C(\C)CO)C(=O)O[C@@H]1[C@](C)(C1CCCC1)O3. The van der Waals surface area contributed by atoms with Crippen LogP contribution < -0.4 is 10.4 Å². The summed E-state index contributed by atoms with van der Waals surface area (Å²) in [7, 11) is 1.50. The van der Waals surface area contributed by atoms with E-state index in [1.54, 1.807) is 19.1 Å². The molecule has 354 valence electrons. The third-order valence-corrected chi connectivity index (χ3v) is 14.5. The molecule has 0 spiro atoms. The topological polar surface area (TPSA) is 162 Å². The molecule has 1 aliphatic carbocycles. The van der Waals surface area contributed by atoms with Crippen molar-refractivity contribution < 1.29 is 48.3 Å². The molecular formula is C56H64O11. The molecule has 11 heteroatoms. The fourth-order valence-electron chi connectivity index (χ4n) is 10.8. The number of rotatable bonds is 13. The molecule has 2 bridgehead atoms. The largest absolute Gasteiger partial charge is 0.483 e. The minimum Gasteiger partial charge on any atom is -0.483 e. The lowest BCUT2D eigenvalue weighted by Crippen LogP contribution is -2.58. The average molecular weight is 913 g/mol. The van der Waals surface area contributed by atoms with Crippen LogP contribution in [0.3, 0.4) is 0 Å². The van der Waals surface area contributed by atoms with Crippen LogP contribution in [0.1, 0.15) is 122 Å². The van der Waals surface area contributed by atoms with Crippen LogP contribution in [0.25, 0.3) is 11.0 Å². The highest BCUT2D eigenvalue weighted by atomic mass is 16.6. The van der Waals surface area contributed by atoms with E-state index in [0.29, 0.717) is 53.5 Å². The highest BCUT2D eigenvalue weighted by molar-refractivity contribution is 5.90. The van der Waals surface area contributed by atoms with Gasteiger partial charge in [-0.05, 0) is 129 Å². The van der Waals surface area contributed by atoms with E-state index >= 15 is 0 Å². The summed E-state index contributed by atoms with van der Waals surface area (Å²) in [5.41, 5.74) is 5.35. The minimum atomic E-state index is -1.29. The first-order chi connectivity index (χ1) is 32.5. The number of ether oxygens (including phenoxy) is 4. The summed E-state index contributed by atoms with van der Waals surface area (Å²) in [5, 5.41) is 31.7. The van der Waals surface area contributed by atoms with Gasteiger partial charge >= 0.3 is 17.6 Å². The number of hydrogen-bond donors (Lipinski definition) is 3. The molecular weight excluding hydrogens is 849 g/mol. The van der Waals surface area contributed by atoms with Crippen molar-refractivity contribution >= 4 is 22.9 Å². The maximum atomic E-state index is 14.9. The van der Waals surface area contributed by atoms with Crippen LogP contribution >= 0.6 is 0 Å². The van der Waals surface area contributed by atoms with Gasteiger partial charge in [0.1, 0.15) is 16.9 Å². The molecule has 1 fully saturated rings. The highest BCUT2D eigenvalue weighted by Gasteiger charge is 2.57. The molecule has 5 aromatic rings. The van der Waals surface area contributed by atoms with Gasteiger partial charge in [0, 0.05) is 48.5 Å². The summed E-state index contributed by atoms with van der Waals surface area (Å²) in [6.45, 7) is 2.61. The van der Waals surface area contributed by atoms with E-state index in [2.05, 4.69) is 60.7 Å². The van der Waals surface area contributed by atoms with Gasteiger partial charge in [-0.15, -0.1) is 0 Å². The zero-order chi connectivity index (χ0) is 47.1. The normalized spacial score (nSPS) is 22.7. The Bertz CT molecular complexity index is 2600. The first-order valence-corrected chi connectivity index (χ1v) is 23.9. The number of hydrogen-bond acceptors (Lipinski definition) is 11. The number of benzene rings is 4. The number of aliphatic hydroxyl groups is 3. The molecule has 5 atom stereocenters. The summed E-state index contributed by atoms with van der Waals surface area (Å²) in [6.07, 6.45) is 4.88. The van der Waals surface area contributed by atoms with Crippen molar-refractivity contribution in [3.8, 4) is 5.75 Å². The molecule has 0 amide bonds. The van der Waals surface area contributed by atoms with Crippen molar-refractivity contribution in [3.05, 3.63) is 157 Å². The van der Waals surface area contributed by atoms with Gasteiger partial charge < -0.3 is 38.7 Å². The van der Waals surface area contributed by atoms with Crippen LogP contribution in [0.15, 0.2) is 111 Å². The maximum Gasteiger partial charge on any atom is 0.340 e. The highest BCUT2D eigenvalue weighted by Crippen LogP contribution is 2.52. The number of aliphatic hydroxyl groups excluding tert-OH is 3. The van der Waals surface area contributed by atoms with Crippen LogP contribution in [-0.2, 0) is 56.1 Å². The van der Waals surface area contributed by atoms with Crippen LogP contribution in [0, 0.1) is 11.8 Å². The lowest BCUT2D eigenvalue weighted by atomic mass is 9.76. The lowest BCUT2D eigenvalue weighted by Gasteiger charge is -2.48. The molecule has 0 unspecified atom stereocenters. The van der Waals surface area contributed by atoms with Crippen molar-refractivity contribution in [2.24, 2.45) is 11.8 Å². The van der Waals surface area contributed by atoms with E-state index in [1.807, 2.05) is 25.1 Å². The van der Waals surface area contributed by atoms with E-state index in [4.69, 9.17) is 23.4 Å². The van der Waals surface area contributed by atoms with Gasteiger partial charge in [0.2, 0.25) is 0 Å². The van der Waals surface area contributed by atoms with E-state index in [0.717, 1.165) is 49.7 Å². The zero-order valence-electron chi connectivity index (χ0n) is 39.0. The zero-order valence-corrected chi connectivity index (χ0v) is 39.0. The Labute approximate surface area is 392 Å². The second-order valence-electron chi connectivity index (χ2n) is 19.0. The maximum absolute atomic E-state index is 14.9. The lowest BCUT2D eigenvalue weighted by molar-refractivity contribution is -0.199. The molecule has 0 radical (unpaired) electrons. The molecule has 11 nitrogen and oxygen atoms in total. The standard InChI is InChI=1S/C56H64O11/c1-35(32-58)44-23-22-36-16-18-39(19-17-36)30-41(21-20-38-12-9-13-40(29-38)28-37-10-5-4-6-11-37)31-48(60)64-52-50-47(67-56(2,43-14-7-8-15-43)53(52)66-54(44)61)25-24-45-46(33-59)49(55(62)65-51(45)50)42(26-27-57)34-63-3/h4-6,9-13,16-19,24-25,29,41-43,52-53,57-59H,7-8,14-15,20-23,26-28,30-34H2,1-3H3/b44-35-/t41-,42-,52-,53+,56+/m1/s1. The Hall–Kier alpha value is -5.59. The third kappa shape index (κ3) is 10.6. The monoisotopic (exact) mass is 912 g/mol. The van der Waals surface area contributed by atoms with Crippen molar-refractivity contribution in [1.29, 1.82) is 0 Å². The van der Waals surface area contributed by atoms with Crippen molar-refractivity contribution in [1.82, 2.24) is 0 Å². The van der Waals surface area contributed by atoms with Gasteiger partial charge in [0.15, 0.2) is 12.2 Å². The van der Waals surface area contributed by atoms with Gasteiger partial charge in [-0.2, -0.15) is 0 Å². The molecule has 9 rings (SSSR count). The first-order valence-electron chi connectivity index (χ1n) is 23.9. The van der Waals surface area contributed by atoms with Crippen molar-refractivity contribution in [3.63, 3.8) is 0 Å². The predicted octanol–water partition coefficient (Wildman–Crippen LogP) is 8.96. The number of esters is 2. The third-order valence-electron chi connectivity index (χ3n) is 14.5. The van der Waals surface area contributed by atoms with Crippen LogP contribution in [0.5, 0.6) is 5.75 Å². The molecule has 3 aliphatic heterocycles. The Morgan fingerprint density at radius 2 is 1.57 bits per heavy atom. The number of carbonyl (C=O) groups excluding carboxylic acids is 2. The second-order valence-corrected chi connectivity index (χ2v) is 19.0. The Morgan fingerprint density at radius 3 is 2.28 bits per heavy atom. The predicted molar refractivity (Wildman–Crippen MR) is 255 cm³/mol. The summed E-state index contributed by atoms with van der Waals surface area (Å²) in [6, 6.07) is 30.7. The second kappa shape index (κ2) is 21.6. The number of aryl methyl sites for hydroxylation is 2. The van der Waals surface area contributed by atoms with Crippen molar-refractivity contribution in [2.45, 2.75) is 121 Å². The Balaban J connectivity index is 1.24.